The summed E-state index contributed by atoms with van der Waals surface area (Å²) in [4.78, 5) is 0. The monoisotopic (exact) mass is 338 g/mol. The van der Waals surface area contributed by atoms with Gasteiger partial charge in [0, 0.05) is 10.7 Å². The van der Waals surface area contributed by atoms with Gasteiger partial charge in [-0.05, 0) is 52.4 Å². The van der Waals surface area contributed by atoms with E-state index in [0.29, 0.717) is 11.5 Å². The third-order valence-corrected chi connectivity index (χ3v) is 4.13. The van der Waals surface area contributed by atoms with Gasteiger partial charge < -0.3 is 4.74 Å². The van der Waals surface area contributed by atoms with Crippen molar-refractivity contribution in [2.24, 2.45) is 5.92 Å². The van der Waals surface area contributed by atoms with E-state index in [9.17, 15) is 8.42 Å². The predicted octanol–water partition coefficient (Wildman–Crippen LogP) is 3.31. The summed E-state index contributed by atoms with van der Waals surface area (Å²) < 4.78 is 28.3. The predicted molar refractivity (Wildman–Crippen MR) is 70.8 cm³/mol. The minimum Gasteiger partial charge on any atom is -0.492 e. The molecule has 0 atom stereocenters. The van der Waals surface area contributed by atoms with Crippen LogP contribution < -0.4 is 4.74 Å². The normalized spacial score (nSPS) is 15.9. The molecule has 0 heterocycles. The lowest BCUT2D eigenvalue weighted by Gasteiger charge is -2.08. The van der Waals surface area contributed by atoms with E-state index in [-0.39, 0.29) is 5.75 Å². The van der Waals surface area contributed by atoms with Crippen molar-refractivity contribution < 1.29 is 13.2 Å². The lowest BCUT2D eigenvalue weighted by molar-refractivity contribution is 0.298. The highest BCUT2D eigenvalue weighted by molar-refractivity contribution is 9.10. The van der Waals surface area contributed by atoms with Gasteiger partial charge in [-0.15, -0.1) is 0 Å². The SMILES string of the molecule is O=S(=O)(Cl)Cc1ccc(OCC2CC2)c(Br)c1. The van der Waals surface area contributed by atoms with E-state index < -0.39 is 9.05 Å². The molecule has 0 unspecified atom stereocenters. The largest absolute Gasteiger partial charge is 0.492 e. The minimum atomic E-state index is -3.51. The van der Waals surface area contributed by atoms with E-state index in [1.165, 1.54) is 12.8 Å². The van der Waals surface area contributed by atoms with Gasteiger partial charge in [0.25, 0.3) is 0 Å². The topological polar surface area (TPSA) is 43.4 Å². The molecule has 6 heteroatoms. The van der Waals surface area contributed by atoms with Gasteiger partial charge in [-0.1, -0.05) is 6.07 Å². The Morgan fingerprint density at radius 3 is 2.65 bits per heavy atom. The van der Waals surface area contributed by atoms with Crippen LogP contribution in [0.25, 0.3) is 0 Å². The molecule has 0 spiro atoms. The summed E-state index contributed by atoms with van der Waals surface area (Å²) in [5.74, 6) is 1.26. The number of ether oxygens (including phenoxy) is 1. The molecule has 2 rings (SSSR count). The first kappa shape index (κ1) is 13.2. The van der Waals surface area contributed by atoms with Gasteiger partial charge in [0.1, 0.15) is 5.75 Å². The fraction of sp³-hybridized carbons (Fsp3) is 0.455. The molecule has 0 amide bonds. The van der Waals surface area contributed by atoms with Crippen molar-refractivity contribution in [1.29, 1.82) is 0 Å². The summed E-state index contributed by atoms with van der Waals surface area (Å²) in [6, 6.07) is 5.21. The Hall–Kier alpha value is -0.260. The molecule has 1 aromatic rings. The molecule has 0 bridgehead atoms. The second kappa shape index (κ2) is 5.16. The van der Waals surface area contributed by atoms with Crippen LogP contribution in [-0.4, -0.2) is 15.0 Å². The molecule has 0 radical (unpaired) electrons. The quantitative estimate of drug-likeness (QED) is 0.773. The van der Waals surface area contributed by atoms with E-state index in [1.807, 2.05) is 0 Å². The Kier molecular flexibility index (Phi) is 4.00. The van der Waals surface area contributed by atoms with E-state index in [2.05, 4.69) is 15.9 Å². The van der Waals surface area contributed by atoms with Crippen molar-refractivity contribution in [2.45, 2.75) is 18.6 Å². The number of halogens is 2. The Morgan fingerprint density at radius 1 is 1.41 bits per heavy atom. The van der Waals surface area contributed by atoms with Gasteiger partial charge in [-0.25, -0.2) is 8.42 Å². The van der Waals surface area contributed by atoms with Crippen molar-refractivity contribution in [1.82, 2.24) is 0 Å². The summed E-state index contributed by atoms with van der Waals surface area (Å²) in [6.45, 7) is 0.728. The average Bonchev–Trinajstić information content (AvgIpc) is 2.97. The molecule has 1 saturated carbocycles. The molecule has 0 saturated heterocycles. The van der Waals surface area contributed by atoms with E-state index in [0.717, 1.165) is 16.8 Å². The molecule has 17 heavy (non-hydrogen) atoms. The highest BCUT2D eigenvalue weighted by Crippen LogP contribution is 2.32. The van der Waals surface area contributed by atoms with Crippen LogP contribution in [0, 0.1) is 5.92 Å². The van der Waals surface area contributed by atoms with Crippen molar-refractivity contribution in [3.05, 3.63) is 28.2 Å². The van der Waals surface area contributed by atoms with Crippen LogP contribution in [-0.2, 0) is 14.8 Å². The highest BCUT2D eigenvalue weighted by Gasteiger charge is 2.22. The van der Waals surface area contributed by atoms with Crippen molar-refractivity contribution >= 4 is 35.7 Å². The standard InChI is InChI=1S/C11H12BrClO3S/c12-10-5-9(7-17(13,14)15)3-4-11(10)16-6-8-1-2-8/h3-5,8H,1-2,6-7H2. The molecule has 1 aliphatic carbocycles. The number of benzene rings is 1. The molecule has 94 valence electrons. The second-order valence-electron chi connectivity index (χ2n) is 4.20. The van der Waals surface area contributed by atoms with Gasteiger partial charge in [0.15, 0.2) is 0 Å². The zero-order chi connectivity index (χ0) is 12.5. The Bertz CT molecular complexity index is 511. The fourth-order valence-corrected chi connectivity index (χ4v) is 2.94. The maximum Gasteiger partial charge on any atom is 0.236 e. The van der Waals surface area contributed by atoms with Crippen LogP contribution in [0.2, 0.25) is 0 Å². The third-order valence-electron chi connectivity index (χ3n) is 2.51. The summed E-state index contributed by atoms with van der Waals surface area (Å²) in [5, 5.41) is 0. The molecular formula is C11H12BrClO3S. The van der Waals surface area contributed by atoms with E-state index >= 15 is 0 Å². The van der Waals surface area contributed by atoms with Crippen molar-refractivity contribution in [3.8, 4) is 5.75 Å². The van der Waals surface area contributed by atoms with Crippen LogP contribution in [0.4, 0.5) is 0 Å². The first-order valence-electron chi connectivity index (χ1n) is 5.27. The molecule has 1 aliphatic rings. The Morgan fingerprint density at radius 2 is 2.12 bits per heavy atom. The summed E-state index contributed by atoms with van der Waals surface area (Å²) in [5.41, 5.74) is 0.644. The maximum absolute atomic E-state index is 10.9. The van der Waals surface area contributed by atoms with Crippen LogP contribution in [0.15, 0.2) is 22.7 Å². The van der Waals surface area contributed by atoms with Crippen LogP contribution in [0.1, 0.15) is 18.4 Å². The Labute approximate surface area is 114 Å². The molecule has 1 fully saturated rings. The molecule has 3 nitrogen and oxygen atoms in total. The van der Waals surface area contributed by atoms with Gasteiger partial charge in [0.2, 0.25) is 9.05 Å². The Balaban J connectivity index is 2.04. The summed E-state index contributed by atoms with van der Waals surface area (Å²) in [6.07, 6.45) is 2.47. The maximum atomic E-state index is 10.9. The number of hydrogen-bond donors (Lipinski definition) is 0. The first-order chi connectivity index (χ1) is 7.94. The molecule has 0 N–H and O–H groups in total. The van der Waals surface area contributed by atoms with Gasteiger partial charge in [-0.2, -0.15) is 0 Å². The smallest absolute Gasteiger partial charge is 0.236 e. The van der Waals surface area contributed by atoms with Crippen molar-refractivity contribution in [3.63, 3.8) is 0 Å². The summed E-state index contributed by atoms with van der Waals surface area (Å²) >= 11 is 3.36. The van der Waals surface area contributed by atoms with E-state index in [4.69, 9.17) is 15.4 Å². The van der Waals surface area contributed by atoms with Crippen LogP contribution in [0.5, 0.6) is 5.75 Å². The van der Waals surface area contributed by atoms with Gasteiger partial charge in [0.05, 0.1) is 16.8 Å². The van der Waals surface area contributed by atoms with E-state index in [1.54, 1.807) is 18.2 Å². The fourth-order valence-electron chi connectivity index (χ4n) is 1.44. The number of hydrogen-bond acceptors (Lipinski definition) is 3. The van der Waals surface area contributed by atoms with Gasteiger partial charge in [-0.3, -0.25) is 0 Å². The highest BCUT2D eigenvalue weighted by atomic mass is 79.9. The molecule has 1 aromatic carbocycles. The summed E-state index contributed by atoms with van der Waals surface area (Å²) in [7, 11) is 1.68. The third kappa shape index (κ3) is 4.48. The van der Waals surface area contributed by atoms with Crippen LogP contribution >= 0.6 is 26.6 Å². The zero-order valence-corrected chi connectivity index (χ0v) is 12.2. The molecule has 0 aromatic heterocycles. The first-order valence-corrected chi connectivity index (χ1v) is 8.55. The van der Waals surface area contributed by atoms with Crippen LogP contribution in [0.3, 0.4) is 0 Å². The molecular weight excluding hydrogens is 328 g/mol. The lowest BCUT2D eigenvalue weighted by atomic mass is 10.2. The minimum absolute atomic E-state index is 0.171. The van der Waals surface area contributed by atoms with Crippen molar-refractivity contribution in [2.75, 3.05) is 6.61 Å². The average molecular weight is 340 g/mol. The number of rotatable bonds is 5. The lowest BCUT2D eigenvalue weighted by Crippen LogP contribution is -2.00. The second-order valence-corrected chi connectivity index (χ2v) is 7.83. The zero-order valence-electron chi connectivity index (χ0n) is 9.03. The van der Waals surface area contributed by atoms with Gasteiger partial charge >= 0.3 is 0 Å². The molecule has 0 aliphatic heterocycles.